The number of aromatic hydroxyl groups is 1. The lowest BCUT2D eigenvalue weighted by atomic mass is 10.1. The first-order chi connectivity index (χ1) is 12.5. The van der Waals surface area contributed by atoms with Crippen molar-refractivity contribution in [3.8, 4) is 17.0 Å². The number of hydrogen-bond donors (Lipinski definition) is 2. The van der Waals surface area contributed by atoms with Gasteiger partial charge in [-0.05, 0) is 67.8 Å². The van der Waals surface area contributed by atoms with E-state index in [0.717, 1.165) is 28.4 Å². The van der Waals surface area contributed by atoms with Gasteiger partial charge >= 0.3 is 0 Å². The molecule has 0 unspecified atom stereocenters. The van der Waals surface area contributed by atoms with E-state index in [1.165, 1.54) is 11.1 Å². The molecule has 0 fully saturated rings. The van der Waals surface area contributed by atoms with Gasteiger partial charge in [-0.3, -0.25) is 4.40 Å². The predicted molar refractivity (Wildman–Crippen MR) is 106 cm³/mol. The summed E-state index contributed by atoms with van der Waals surface area (Å²) in [5, 5.41) is 13.9. The molecule has 2 aromatic carbocycles. The molecule has 130 valence electrons. The highest BCUT2D eigenvalue weighted by atomic mass is 16.3. The van der Waals surface area contributed by atoms with Crippen LogP contribution in [0.25, 0.3) is 16.9 Å². The van der Waals surface area contributed by atoms with E-state index in [-0.39, 0.29) is 5.75 Å². The molecule has 0 saturated heterocycles. The smallest absolute Gasteiger partial charge is 0.143 e. The zero-order chi connectivity index (χ0) is 18.3. The number of nitrogens with zero attached hydrogens (tertiary/aromatic N) is 2. The van der Waals surface area contributed by atoms with Crippen molar-refractivity contribution < 1.29 is 5.11 Å². The Bertz CT molecular complexity index is 1090. The number of benzene rings is 2. The maximum atomic E-state index is 10.3. The van der Waals surface area contributed by atoms with Crippen LogP contribution in [0.1, 0.15) is 16.7 Å². The van der Waals surface area contributed by atoms with E-state index >= 15 is 0 Å². The summed E-state index contributed by atoms with van der Waals surface area (Å²) >= 11 is 0. The van der Waals surface area contributed by atoms with Crippen LogP contribution in [0.15, 0.2) is 60.8 Å². The van der Waals surface area contributed by atoms with Gasteiger partial charge in [0.05, 0.1) is 0 Å². The van der Waals surface area contributed by atoms with E-state index < -0.39 is 0 Å². The van der Waals surface area contributed by atoms with E-state index in [1.807, 2.05) is 34.7 Å². The molecule has 2 aromatic heterocycles. The van der Waals surface area contributed by atoms with E-state index in [4.69, 9.17) is 4.98 Å². The fraction of sp³-hybridized carbons (Fsp3) is 0.136. The molecule has 0 aliphatic rings. The third-order valence-corrected chi connectivity index (χ3v) is 4.41. The van der Waals surface area contributed by atoms with Gasteiger partial charge in [0.1, 0.15) is 22.9 Å². The van der Waals surface area contributed by atoms with Crippen molar-refractivity contribution >= 4 is 17.2 Å². The minimum absolute atomic E-state index is 0.219. The maximum Gasteiger partial charge on any atom is 0.143 e. The van der Waals surface area contributed by atoms with Gasteiger partial charge < -0.3 is 10.4 Å². The van der Waals surface area contributed by atoms with Crippen LogP contribution in [-0.2, 0) is 0 Å². The third-order valence-electron chi connectivity index (χ3n) is 4.41. The molecular formula is C22H21N3O. The van der Waals surface area contributed by atoms with Crippen molar-refractivity contribution in [2.75, 3.05) is 5.32 Å². The highest BCUT2D eigenvalue weighted by Gasteiger charge is 2.17. The Morgan fingerprint density at radius 2 is 1.62 bits per heavy atom. The number of hydrogen-bond acceptors (Lipinski definition) is 3. The first-order valence-corrected chi connectivity index (χ1v) is 8.63. The summed E-state index contributed by atoms with van der Waals surface area (Å²) in [6.07, 6.45) is 2.05. The number of nitrogens with one attached hydrogen (secondary N) is 1. The number of aryl methyl sites for hydroxylation is 3. The number of pyridine rings is 1. The van der Waals surface area contributed by atoms with E-state index in [1.54, 1.807) is 6.07 Å². The summed E-state index contributed by atoms with van der Waals surface area (Å²) in [5.41, 5.74) is 6.81. The number of fused-ring (bicyclic) bond motifs is 1. The summed E-state index contributed by atoms with van der Waals surface area (Å²) in [4.78, 5) is 4.77. The van der Waals surface area contributed by atoms with E-state index in [2.05, 4.69) is 50.5 Å². The van der Waals surface area contributed by atoms with Crippen LogP contribution < -0.4 is 5.32 Å². The van der Waals surface area contributed by atoms with Crippen LogP contribution >= 0.6 is 0 Å². The van der Waals surface area contributed by atoms with Crippen LogP contribution in [0.3, 0.4) is 0 Å². The second-order valence-electron chi connectivity index (χ2n) is 6.76. The molecular weight excluding hydrogens is 322 g/mol. The first kappa shape index (κ1) is 16.2. The molecule has 26 heavy (non-hydrogen) atoms. The average molecular weight is 343 g/mol. The SMILES string of the molecule is Cc1cc(C)cc(Nc2c(-c3ccccc3O)nc3ccc(C)cn23)c1. The molecule has 0 aliphatic heterocycles. The van der Waals surface area contributed by atoms with Gasteiger partial charge in [0.2, 0.25) is 0 Å². The molecule has 4 rings (SSSR count). The highest BCUT2D eigenvalue weighted by Crippen LogP contribution is 2.36. The number of phenolic OH excluding ortho intramolecular Hbond substituents is 1. The number of imidazole rings is 1. The first-order valence-electron chi connectivity index (χ1n) is 8.63. The van der Waals surface area contributed by atoms with Crippen molar-refractivity contribution in [2.24, 2.45) is 0 Å². The molecule has 2 N–H and O–H groups in total. The molecule has 2 heterocycles. The number of para-hydroxylation sites is 1. The molecule has 0 atom stereocenters. The Hall–Kier alpha value is -3.27. The Kier molecular flexibility index (Phi) is 3.88. The van der Waals surface area contributed by atoms with Crippen LogP contribution in [0.5, 0.6) is 5.75 Å². The predicted octanol–water partition coefficient (Wildman–Crippen LogP) is 5.38. The number of aromatic nitrogens is 2. The Morgan fingerprint density at radius 3 is 2.35 bits per heavy atom. The Morgan fingerprint density at radius 1 is 0.885 bits per heavy atom. The highest BCUT2D eigenvalue weighted by molar-refractivity contribution is 5.82. The molecule has 0 saturated carbocycles. The average Bonchev–Trinajstić information content (AvgIpc) is 2.92. The van der Waals surface area contributed by atoms with Gasteiger partial charge in [-0.1, -0.05) is 24.3 Å². The molecule has 0 aliphatic carbocycles. The second kappa shape index (κ2) is 6.23. The van der Waals surface area contributed by atoms with E-state index in [0.29, 0.717) is 5.56 Å². The lowest BCUT2D eigenvalue weighted by Crippen LogP contribution is -1.98. The molecule has 0 spiro atoms. The summed E-state index contributed by atoms with van der Waals surface area (Å²) in [5.74, 6) is 1.06. The zero-order valence-corrected chi connectivity index (χ0v) is 15.1. The van der Waals surface area contributed by atoms with Crippen molar-refractivity contribution in [1.29, 1.82) is 0 Å². The summed E-state index contributed by atoms with van der Waals surface area (Å²) in [6, 6.07) is 17.7. The molecule has 0 radical (unpaired) electrons. The molecule has 0 amide bonds. The lowest BCUT2D eigenvalue weighted by molar-refractivity contribution is 0.477. The minimum Gasteiger partial charge on any atom is -0.507 e. The number of phenols is 1. The standard InChI is InChI=1S/C22H21N3O/c1-14-8-9-20-24-21(18-6-4-5-7-19(18)26)22(25(20)13-14)23-17-11-15(2)10-16(3)12-17/h4-13,23,26H,1-3H3. The zero-order valence-electron chi connectivity index (χ0n) is 15.1. The lowest BCUT2D eigenvalue weighted by Gasteiger charge is -2.11. The van der Waals surface area contributed by atoms with Crippen molar-refractivity contribution in [2.45, 2.75) is 20.8 Å². The van der Waals surface area contributed by atoms with Gasteiger partial charge in [-0.25, -0.2) is 4.98 Å². The Labute approximate surface area is 152 Å². The number of rotatable bonds is 3. The topological polar surface area (TPSA) is 49.6 Å². The number of anilines is 2. The fourth-order valence-electron chi connectivity index (χ4n) is 3.32. The monoisotopic (exact) mass is 343 g/mol. The van der Waals surface area contributed by atoms with Gasteiger partial charge in [-0.15, -0.1) is 0 Å². The second-order valence-corrected chi connectivity index (χ2v) is 6.76. The van der Waals surface area contributed by atoms with E-state index in [9.17, 15) is 5.11 Å². The minimum atomic E-state index is 0.219. The van der Waals surface area contributed by atoms with Gasteiger partial charge in [0.25, 0.3) is 0 Å². The summed E-state index contributed by atoms with van der Waals surface area (Å²) in [7, 11) is 0. The fourth-order valence-corrected chi connectivity index (χ4v) is 3.32. The van der Waals surface area contributed by atoms with Gasteiger partial charge in [-0.2, -0.15) is 0 Å². The molecule has 0 bridgehead atoms. The van der Waals surface area contributed by atoms with Gasteiger partial charge in [0, 0.05) is 17.4 Å². The quantitative estimate of drug-likeness (QED) is 0.525. The molecule has 4 aromatic rings. The normalized spacial score (nSPS) is 11.0. The van der Waals surface area contributed by atoms with Crippen LogP contribution in [-0.4, -0.2) is 14.5 Å². The summed E-state index contributed by atoms with van der Waals surface area (Å²) < 4.78 is 2.04. The van der Waals surface area contributed by atoms with Crippen molar-refractivity contribution in [3.05, 3.63) is 77.5 Å². The Balaban J connectivity index is 1.94. The molecule has 4 heteroatoms. The van der Waals surface area contributed by atoms with Crippen LogP contribution in [0, 0.1) is 20.8 Å². The van der Waals surface area contributed by atoms with Crippen molar-refractivity contribution in [3.63, 3.8) is 0 Å². The van der Waals surface area contributed by atoms with Crippen LogP contribution in [0.2, 0.25) is 0 Å². The largest absolute Gasteiger partial charge is 0.507 e. The maximum absolute atomic E-state index is 10.3. The van der Waals surface area contributed by atoms with Crippen LogP contribution in [0.4, 0.5) is 11.5 Å². The van der Waals surface area contributed by atoms with Crippen molar-refractivity contribution in [1.82, 2.24) is 9.38 Å². The van der Waals surface area contributed by atoms with Gasteiger partial charge in [0.15, 0.2) is 0 Å². The third kappa shape index (κ3) is 2.90. The summed E-state index contributed by atoms with van der Waals surface area (Å²) in [6.45, 7) is 6.22. The molecule has 4 nitrogen and oxygen atoms in total.